The summed E-state index contributed by atoms with van der Waals surface area (Å²) in [5, 5.41) is 1.07. The summed E-state index contributed by atoms with van der Waals surface area (Å²) in [7, 11) is 4.60. The summed E-state index contributed by atoms with van der Waals surface area (Å²) < 4.78 is 16.0. The lowest BCUT2D eigenvalue weighted by Gasteiger charge is -2.13. The van der Waals surface area contributed by atoms with Crippen LogP contribution in [-0.2, 0) is 0 Å². The number of hydrogen-bond donors (Lipinski definition) is 1. The van der Waals surface area contributed by atoms with Crippen molar-refractivity contribution in [3.05, 3.63) is 59.3 Å². The zero-order valence-corrected chi connectivity index (χ0v) is 15.3. The van der Waals surface area contributed by atoms with E-state index in [1.807, 2.05) is 36.5 Å². The van der Waals surface area contributed by atoms with E-state index in [4.69, 9.17) is 14.2 Å². The van der Waals surface area contributed by atoms with Crippen LogP contribution in [0.15, 0.2) is 48.2 Å². The maximum Gasteiger partial charge on any atom is 0.192 e. The van der Waals surface area contributed by atoms with Gasteiger partial charge in [0.2, 0.25) is 0 Å². The molecule has 26 heavy (non-hydrogen) atoms. The standard InChI is InChI=1S/C21H21NO4/c1-13(9-14-12-22-17-8-6-5-7-15(14)17)21(23)16-10-19(25-3)20(26-4)11-18(16)24-2/h5-12,22H,1-4H3/b13-9+. The number of ether oxygens (including phenoxy) is 3. The number of carbonyl (C=O) groups is 1. The largest absolute Gasteiger partial charge is 0.496 e. The molecule has 0 atom stereocenters. The van der Waals surface area contributed by atoms with Crippen molar-refractivity contribution in [1.29, 1.82) is 0 Å². The summed E-state index contributed by atoms with van der Waals surface area (Å²) in [6, 6.07) is 11.3. The fourth-order valence-electron chi connectivity index (χ4n) is 2.93. The first-order valence-electron chi connectivity index (χ1n) is 8.18. The molecule has 0 bridgehead atoms. The van der Waals surface area contributed by atoms with Crippen molar-refractivity contribution in [2.75, 3.05) is 21.3 Å². The molecule has 0 aliphatic heterocycles. The van der Waals surface area contributed by atoms with Gasteiger partial charge in [-0.3, -0.25) is 4.79 Å². The van der Waals surface area contributed by atoms with Gasteiger partial charge in [-0.15, -0.1) is 0 Å². The normalized spacial score (nSPS) is 11.5. The first-order chi connectivity index (χ1) is 12.6. The average molecular weight is 351 g/mol. The summed E-state index contributed by atoms with van der Waals surface area (Å²) in [6.07, 6.45) is 3.77. The van der Waals surface area contributed by atoms with E-state index in [2.05, 4.69) is 4.98 Å². The third-order valence-corrected chi connectivity index (χ3v) is 4.30. The molecule has 0 saturated heterocycles. The van der Waals surface area contributed by atoms with Gasteiger partial charge in [0.1, 0.15) is 5.75 Å². The van der Waals surface area contributed by atoms with Gasteiger partial charge in [0.05, 0.1) is 26.9 Å². The molecule has 0 unspecified atom stereocenters. The van der Waals surface area contributed by atoms with Crippen molar-refractivity contribution in [1.82, 2.24) is 4.98 Å². The average Bonchev–Trinajstić information content (AvgIpc) is 3.09. The molecule has 5 nitrogen and oxygen atoms in total. The van der Waals surface area contributed by atoms with E-state index in [-0.39, 0.29) is 5.78 Å². The molecule has 3 rings (SSSR count). The highest BCUT2D eigenvalue weighted by Crippen LogP contribution is 2.36. The Labute approximate surface area is 152 Å². The van der Waals surface area contributed by atoms with Gasteiger partial charge in [0.15, 0.2) is 17.3 Å². The van der Waals surface area contributed by atoms with Crippen molar-refractivity contribution < 1.29 is 19.0 Å². The molecule has 5 heteroatoms. The van der Waals surface area contributed by atoms with Crippen LogP contribution in [-0.4, -0.2) is 32.1 Å². The van der Waals surface area contributed by atoms with Crippen molar-refractivity contribution in [3.63, 3.8) is 0 Å². The number of hydrogen-bond acceptors (Lipinski definition) is 4. The molecule has 0 saturated carbocycles. The number of ketones is 1. The number of methoxy groups -OCH3 is 3. The first-order valence-corrected chi connectivity index (χ1v) is 8.18. The number of Topliss-reactive ketones (excluding diaryl/α,β-unsaturated/α-hetero) is 1. The molecular weight excluding hydrogens is 330 g/mol. The lowest BCUT2D eigenvalue weighted by molar-refractivity contribution is 0.103. The summed E-state index contributed by atoms with van der Waals surface area (Å²) in [6.45, 7) is 1.79. The fourth-order valence-corrected chi connectivity index (χ4v) is 2.93. The Morgan fingerprint density at radius 3 is 2.31 bits per heavy atom. The molecule has 1 N–H and O–H groups in total. The SMILES string of the molecule is COc1cc(OC)c(C(=O)/C(C)=C/c2c[nH]c3ccccc23)cc1OC. The van der Waals surface area contributed by atoms with Gasteiger partial charge >= 0.3 is 0 Å². The van der Waals surface area contributed by atoms with Gasteiger partial charge in [-0.2, -0.15) is 0 Å². The van der Waals surface area contributed by atoms with Crippen molar-refractivity contribution >= 4 is 22.8 Å². The molecule has 0 spiro atoms. The Hall–Kier alpha value is -3.21. The molecule has 1 aromatic heterocycles. The highest BCUT2D eigenvalue weighted by atomic mass is 16.5. The molecule has 0 aliphatic carbocycles. The quantitative estimate of drug-likeness (QED) is 0.525. The third kappa shape index (κ3) is 3.16. The number of carbonyl (C=O) groups excluding carboxylic acids is 1. The minimum Gasteiger partial charge on any atom is -0.496 e. The second-order valence-corrected chi connectivity index (χ2v) is 5.85. The topological polar surface area (TPSA) is 60.5 Å². The smallest absolute Gasteiger partial charge is 0.192 e. The maximum atomic E-state index is 13.0. The molecule has 0 aliphatic rings. The lowest BCUT2D eigenvalue weighted by atomic mass is 10.0. The Bertz CT molecular complexity index is 985. The zero-order chi connectivity index (χ0) is 18.7. The molecular formula is C21H21NO4. The number of benzene rings is 2. The van der Waals surface area contributed by atoms with Crippen LogP contribution in [0.5, 0.6) is 17.2 Å². The Morgan fingerprint density at radius 2 is 1.62 bits per heavy atom. The van der Waals surface area contributed by atoms with E-state index in [0.29, 0.717) is 28.4 Å². The summed E-state index contributed by atoms with van der Waals surface area (Å²) in [5.41, 5.74) is 3.02. The van der Waals surface area contributed by atoms with E-state index < -0.39 is 0 Å². The van der Waals surface area contributed by atoms with Crippen LogP contribution < -0.4 is 14.2 Å². The van der Waals surface area contributed by atoms with Crippen LogP contribution in [0, 0.1) is 0 Å². The zero-order valence-electron chi connectivity index (χ0n) is 15.3. The Morgan fingerprint density at radius 1 is 0.962 bits per heavy atom. The predicted molar refractivity (Wildman–Crippen MR) is 102 cm³/mol. The molecule has 2 aromatic carbocycles. The minimum absolute atomic E-state index is 0.131. The number of para-hydroxylation sites is 1. The second-order valence-electron chi connectivity index (χ2n) is 5.85. The van der Waals surface area contributed by atoms with Crippen LogP contribution in [0.2, 0.25) is 0 Å². The van der Waals surface area contributed by atoms with E-state index >= 15 is 0 Å². The number of H-pyrrole nitrogens is 1. The number of fused-ring (bicyclic) bond motifs is 1. The molecule has 0 fully saturated rings. The number of nitrogens with one attached hydrogen (secondary N) is 1. The Kier molecular flexibility index (Phi) is 4.98. The molecule has 0 amide bonds. The lowest BCUT2D eigenvalue weighted by Crippen LogP contribution is -2.05. The molecule has 134 valence electrons. The summed E-state index contributed by atoms with van der Waals surface area (Å²) in [5.74, 6) is 1.31. The van der Waals surface area contributed by atoms with Crippen LogP contribution >= 0.6 is 0 Å². The number of aromatic nitrogens is 1. The Balaban J connectivity index is 2.03. The van der Waals surface area contributed by atoms with Gasteiger partial charge in [0, 0.05) is 28.7 Å². The predicted octanol–water partition coefficient (Wildman–Crippen LogP) is 4.48. The summed E-state index contributed by atoms with van der Waals surface area (Å²) >= 11 is 0. The van der Waals surface area contributed by atoms with E-state index in [1.165, 1.54) is 14.2 Å². The summed E-state index contributed by atoms with van der Waals surface area (Å²) in [4.78, 5) is 16.2. The van der Waals surface area contributed by atoms with Crippen molar-refractivity contribution in [2.24, 2.45) is 0 Å². The number of rotatable bonds is 6. The highest BCUT2D eigenvalue weighted by molar-refractivity contribution is 6.13. The third-order valence-electron chi connectivity index (χ3n) is 4.30. The van der Waals surface area contributed by atoms with E-state index in [1.54, 1.807) is 26.2 Å². The van der Waals surface area contributed by atoms with Crippen molar-refractivity contribution in [2.45, 2.75) is 6.92 Å². The van der Waals surface area contributed by atoms with Crippen LogP contribution in [0.3, 0.4) is 0 Å². The van der Waals surface area contributed by atoms with E-state index in [0.717, 1.165) is 16.5 Å². The number of allylic oxidation sites excluding steroid dienone is 1. The monoisotopic (exact) mass is 351 g/mol. The number of aromatic amines is 1. The van der Waals surface area contributed by atoms with Gasteiger partial charge in [-0.1, -0.05) is 18.2 Å². The first kappa shape index (κ1) is 17.6. The van der Waals surface area contributed by atoms with Gasteiger partial charge < -0.3 is 19.2 Å². The van der Waals surface area contributed by atoms with Crippen LogP contribution in [0.4, 0.5) is 0 Å². The molecule has 3 aromatic rings. The van der Waals surface area contributed by atoms with Gasteiger partial charge in [-0.05, 0) is 30.7 Å². The van der Waals surface area contributed by atoms with Gasteiger partial charge in [0.25, 0.3) is 0 Å². The van der Waals surface area contributed by atoms with Crippen LogP contribution in [0.25, 0.3) is 17.0 Å². The highest BCUT2D eigenvalue weighted by Gasteiger charge is 2.19. The maximum absolute atomic E-state index is 13.0. The second kappa shape index (κ2) is 7.35. The molecule has 0 radical (unpaired) electrons. The minimum atomic E-state index is -0.131. The van der Waals surface area contributed by atoms with Gasteiger partial charge in [-0.25, -0.2) is 0 Å². The fraction of sp³-hybridized carbons (Fsp3) is 0.190. The van der Waals surface area contributed by atoms with E-state index in [9.17, 15) is 4.79 Å². The molecule has 1 heterocycles. The van der Waals surface area contributed by atoms with Crippen LogP contribution in [0.1, 0.15) is 22.8 Å². The van der Waals surface area contributed by atoms with Crippen molar-refractivity contribution in [3.8, 4) is 17.2 Å².